The van der Waals surface area contributed by atoms with Crippen molar-refractivity contribution in [2.45, 2.75) is 46.1 Å². The van der Waals surface area contributed by atoms with Crippen LogP contribution in [0.4, 0.5) is 0 Å². The average molecular weight is 281 g/mol. The molecule has 0 saturated carbocycles. The fraction of sp³-hybridized carbons (Fsp3) is 0.625. The molecule has 1 rings (SSSR count). The van der Waals surface area contributed by atoms with E-state index in [0.717, 1.165) is 18.1 Å². The Morgan fingerprint density at radius 1 is 1.21 bits per heavy atom. The third kappa shape index (κ3) is 5.45. The third-order valence-corrected chi connectivity index (χ3v) is 4.68. The lowest BCUT2D eigenvalue weighted by molar-refractivity contribution is 0.582. The Morgan fingerprint density at radius 3 is 2.26 bits per heavy atom. The first-order chi connectivity index (χ1) is 8.84. The molecule has 0 aliphatic rings. The van der Waals surface area contributed by atoms with E-state index in [1.54, 1.807) is 0 Å². The van der Waals surface area contributed by atoms with E-state index < -0.39 is 10.8 Å². The van der Waals surface area contributed by atoms with Gasteiger partial charge in [0.1, 0.15) is 0 Å². The molecule has 108 valence electrons. The van der Waals surface area contributed by atoms with Crippen LogP contribution < -0.4 is 5.32 Å². The van der Waals surface area contributed by atoms with Crippen molar-refractivity contribution in [3.8, 4) is 0 Å². The molecule has 0 heterocycles. The van der Waals surface area contributed by atoms with Crippen LogP contribution in [-0.2, 0) is 16.2 Å². The van der Waals surface area contributed by atoms with Gasteiger partial charge >= 0.3 is 0 Å². The van der Waals surface area contributed by atoms with Crippen LogP contribution in [0.2, 0.25) is 0 Å². The first-order valence-electron chi connectivity index (χ1n) is 7.03. The molecule has 1 aromatic rings. The highest BCUT2D eigenvalue weighted by atomic mass is 32.2. The predicted octanol–water partition coefficient (Wildman–Crippen LogP) is 3.40. The molecule has 0 fully saturated rings. The summed E-state index contributed by atoms with van der Waals surface area (Å²) in [5.41, 5.74) is 2.85. The van der Waals surface area contributed by atoms with Gasteiger partial charge in [-0.2, -0.15) is 0 Å². The van der Waals surface area contributed by atoms with Crippen LogP contribution in [0, 0.1) is 0 Å². The van der Waals surface area contributed by atoms with Crippen LogP contribution >= 0.6 is 0 Å². The predicted molar refractivity (Wildman–Crippen MR) is 85.1 cm³/mol. The van der Waals surface area contributed by atoms with E-state index in [0.29, 0.717) is 6.04 Å². The van der Waals surface area contributed by atoms with Crippen LogP contribution in [0.5, 0.6) is 0 Å². The first-order valence-corrected chi connectivity index (χ1v) is 8.52. The SMILES string of the molecule is CCS(=O)CCNC(C)c1ccc(C(C)(C)C)cc1. The van der Waals surface area contributed by atoms with Crippen molar-refractivity contribution in [1.29, 1.82) is 0 Å². The van der Waals surface area contributed by atoms with Gasteiger partial charge < -0.3 is 5.32 Å². The van der Waals surface area contributed by atoms with Crippen molar-refractivity contribution < 1.29 is 4.21 Å². The van der Waals surface area contributed by atoms with Gasteiger partial charge in [0, 0.05) is 34.9 Å². The van der Waals surface area contributed by atoms with Crippen molar-refractivity contribution >= 4 is 10.8 Å². The number of hydrogen-bond acceptors (Lipinski definition) is 2. The first kappa shape index (κ1) is 16.4. The van der Waals surface area contributed by atoms with Gasteiger partial charge in [0.25, 0.3) is 0 Å². The fourth-order valence-corrected chi connectivity index (χ4v) is 2.56. The Balaban J connectivity index is 2.53. The van der Waals surface area contributed by atoms with Crippen LogP contribution in [0.1, 0.15) is 51.8 Å². The number of hydrogen-bond donors (Lipinski definition) is 1. The van der Waals surface area contributed by atoms with E-state index in [1.165, 1.54) is 11.1 Å². The highest BCUT2D eigenvalue weighted by Crippen LogP contribution is 2.23. The zero-order valence-electron chi connectivity index (χ0n) is 12.8. The van der Waals surface area contributed by atoms with Crippen LogP contribution in [0.3, 0.4) is 0 Å². The molecule has 2 nitrogen and oxygen atoms in total. The minimum Gasteiger partial charge on any atom is -0.309 e. The van der Waals surface area contributed by atoms with Crippen LogP contribution in [0.15, 0.2) is 24.3 Å². The summed E-state index contributed by atoms with van der Waals surface area (Å²) < 4.78 is 11.4. The second-order valence-electron chi connectivity index (χ2n) is 5.98. The second kappa shape index (κ2) is 7.20. The van der Waals surface area contributed by atoms with Gasteiger partial charge in [0.15, 0.2) is 0 Å². The molecule has 0 bridgehead atoms. The van der Waals surface area contributed by atoms with E-state index in [1.807, 2.05) is 6.92 Å². The number of rotatable bonds is 6. The summed E-state index contributed by atoms with van der Waals surface area (Å²) in [5.74, 6) is 1.48. The van der Waals surface area contributed by atoms with Gasteiger partial charge in [-0.15, -0.1) is 0 Å². The normalized spacial score (nSPS) is 15.2. The van der Waals surface area contributed by atoms with Gasteiger partial charge in [0.2, 0.25) is 0 Å². The van der Waals surface area contributed by atoms with Crippen LogP contribution in [-0.4, -0.2) is 22.3 Å². The van der Waals surface area contributed by atoms with Gasteiger partial charge in [-0.1, -0.05) is 52.0 Å². The summed E-state index contributed by atoms with van der Waals surface area (Å²) in [4.78, 5) is 0. The maximum absolute atomic E-state index is 11.4. The summed E-state index contributed by atoms with van der Waals surface area (Å²) >= 11 is 0. The maximum Gasteiger partial charge on any atom is 0.0360 e. The summed E-state index contributed by atoms with van der Waals surface area (Å²) in [6.45, 7) is 11.6. The maximum atomic E-state index is 11.4. The van der Waals surface area contributed by atoms with Gasteiger partial charge in [-0.05, 0) is 23.5 Å². The topological polar surface area (TPSA) is 29.1 Å². The highest BCUT2D eigenvalue weighted by Gasteiger charge is 2.13. The van der Waals surface area contributed by atoms with Gasteiger partial charge in [-0.25, -0.2) is 0 Å². The molecule has 19 heavy (non-hydrogen) atoms. The average Bonchev–Trinajstić information content (AvgIpc) is 2.37. The van der Waals surface area contributed by atoms with E-state index in [4.69, 9.17) is 0 Å². The molecular weight excluding hydrogens is 254 g/mol. The largest absolute Gasteiger partial charge is 0.309 e. The summed E-state index contributed by atoms with van der Waals surface area (Å²) in [5, 5.41) is 3.43. The molecule has 0 aliphatic carbocycles. The van der Waals surface area contributed by atoms with Crippen LogP contribution in [0.25, 0.3) is 0 Å². The number of benzene rings is 1. The Bertz CT molecular complexity index is 406. The Kier molecular flexibility index (Phi) is 6.21. The zero-order chi connectivity index (χ0) is 14.5. The molecule has 0 saturated heterocycles. The standard InChI is InChI=1S/C16H27NOS/c1-6-19(18)12-11-17-13(2)14-7-9-15(10-8-14)16(3,4)5/h7-10,13,17H,6,11-12H2,1-5H3. The van der Waals surface area contributed by atoms with Gasteiger partial charge in [0.05, 0.1) is 0 Å². The van der Waals surface area contributed by atoms with E-state index >= 15 is 0 Å². The third-order valence-electron chi connectivity index (χ3n) is 3.38. The molecule has 0 amide bonds. The smallest absolute Gasteiger partial charge is 0.0360 e. The Labute approximate surface area is 120 Å². The molecule has 2 atom stereocenters. The lowest BCUT2D eigenvalue weighted by Gasteiger charge is -2.20. The van der Waals surface area contributed by atoms with Crippen molar-refractivity contribution in [3.05, 3.63) is 35.4 Å². The van der Waals surface area contributed by atoms with Gasteiger partial charge in [-0.3, -0.25) is 4.21 Å². The Morgan fingerprint density at radius 2 is 1.79 bits per heavy atom. The molecule has 2 unspecified atom stereocenters. The molecular formula is C16H27NOS. The molecule has 3 heteroatoms. The lowest BCUT2D eigenvalue weighted by Crippen LogP contribution is -2.24. The van der Waals surface area contributed by atoms with Crippen molar-refractivity contribution in [1.82, 2.24) is 5.32 Å². The molecule has 0 spiro atoms. The monoisotopic (exact) mass is 281 g/mol. The van der Waals surface area contributed by atoms with E-state index in [-0.39, 0.29) is 5.41 Å². The van der Waals surface area contributed by atoms with Crippen molar-refractivity contribution in [2.24, 2.45) is 0 Å². The molecule has 0 aliphatic heterocycles. The molecule has 0 radical (unpaired) electrons. The quantitative estimate of drug-likeness (QED) is 0.866. The summed E-state index contributed by atoms with van der Waals surface area (Å²) in [6, 6.07) is 9.10. The van der Waals surface area contributed by atoms with E-state index in [9.17, 15) is 4.21 Å². The van der Waals surface area contributed by atoms with E-state index in [2.05, 4.69) is 57.3 Å². The highest BCUT2D eigenvalue weighted by molar-refractivity contribution is 7.84. The minimum atomic E-state index is -0.678. The fourth-order valence-electron chi connectivity index (χ4n) is 1.92. The molecule has 1 N–H and O–H groups in total. The zero-order valence-corrected chi connectivity index (χ0v) is 13.6. The lowest BCUT2D eigenvalue weighted by atomic mass is 9.86. The molecule has 0 aromatic heterocycles. The van der Waals surface area contributed by atoms with Crippen molar-refractivity contribution in [3.63, 3.8) is 0 Å². The molecule has 1 aromatic carbocycles. The summed E-state index contributed by atoms with van der Waals surface area (Å²) in [6.07, 6.45) is 0. The Hall–Kier alpha value is -0.670. The van der Waals surface area contributed by atoms with Crippen molar-refractivity contribution in [2.75, 3.05) is 18.1 Å². The number of nitrogens with one attached hydrogen (secondary N) is 1. The second-order valence-corrected chi connectivity index (χ2v) is 7.85. The minimum absolute atomic E-state index is 0.202. The summed E-state index contributed by atoms with van der Waals surface area (Å²) in [7, 11) is -0.678.